The molecule has 9 nitrogen and oxygen atoms in total. The smallest absolute Gasteiger partial charge is 0.323 e. The minimum absolute atomic E-state index is 0.00545. The van der Waals surface area contributed by atoms with Crippen molar-refractivity contribution in [2.45, 2.75) is 213 Å². The molecule has 1 aliphatic rings. The zero-order valence-electron chi connectivity index (χ0n) is 37.3. The predicted molar refractivity (Wildman–Crippen MR) is 233 cm³/mol. The Balaban J connectivity index is 2.48. The highest BCUT2D eigenvalue weighted by Crippen LogP contribution is 2.18. The van der Waals surface area contributed by atoms with Crippen molar-refractivity contribution in [1.82, 2.24) is 4.90 Å². The topological polar surface area (TPSA) is 101 Å². The maximum atomic E-state index is 12.9. The summed E-state index contributed by atoms with van der Waals surface area (Å²) in [4.78, 5) is 40.4. The molecule has 0 aliphatic carbocycles. The number of ether oxygens (including phenoxy) is 5. The van der Waals surface area contributed by atoms with Gasteiger partial charge in [0.1, 0.15) is 25.9 Å². The van der Waals surface area contributed by atoms with Gasteiger partial charge in [-0.2, -0.15) is 0 Å². The van der Waals surface area contributed by atoms with Crippen LogP contribution in [0.15, 0.2) is 24.3 Å². The van der Waals surface area contributed by atoms with Crippen molar-refractivity contribution < 1.29 is 38.1 Å². The van der Waals surface area contributed by atoms with Crippen LogP contribution in [0.2, 0.25) is 0 Å². The van der Waals surface area contributed by atoms with Crippen LogP contribution >= 0.6 is 0 Å². The molecule has 0 saturated carbocycles. The molecule has 57 heavy (non-hydrogen) atoms. The molecule has 332 valence electrons. The van der Waals surface area contributed by atoms with Crippen LogP contribution in [-0.4, -0.2) is 81.8 Å². The quantitative estimate of drug-likeness (QED) is 0.0197. The van der Waals surface area contributed by atoms with Gasteiger partial charge in [0.2, 0.25) is 0 Å². The average molecular weight is 806 g/mol. The summed E-state index contributed by atoms with van der Waals surface area (Å²) in [6.07, 6.45) is 37.8. The first-order valence-corrected chi connectivity index (χ1v) is 23.6. The summed E-state index contributed by atoms with van der Waals surface area (Å²) >= 11 is 0. The molecule has 0 aromatic rings. The lowest BCUT2D eigenvalue weighted by Crippen LogP contribution is -2.36. The maximum Gasteiger partial charge on any atom is 0.323 e. The van der Waals surface area contributed by atoms with Gasteiger partial charge >= 0.3 is 17.9 Å². The van der Waals surface area contributed by atoms with E-state index in [-0.39, 0.29) is 50.2 Å². The molecule has 1 rings (SSSR count). The SMILES string of the molecule is CCCCCC=CCC=CCCCCCCCC(=O)OC[C@H](COC(=O)CCC(OCCCCCCCC)OCCCCCCCC)COC(=O)C1CCCN1C. The second-order valence-corrected chi connectivity index (χ2v) is 16.2. The lowest BCUT2D eigenvalue weighted by molar-refractivity contribution is -0.162. The standard InChI is InChI=1S/C48H87NO8/c1-5-8-11-14-17-18-19-20-21-22-23-24-25-26-29-34-45(50)55-40-43(42-57-48(52)44-33-32-37-49(44)4)41-56-46(51)35-36-47(53-38-30-27-15-12-9-6-2)54-39-31-28-16-13-10-7-3/h17-18,20-21,43-44,47H,5-16,19,22-42H2,1-4H3/t43-,44?/m1/s1. The van der Waals surface area contributed by atoms with Crippen LogP contribution in [-0.2, 0) is 38.1 Å². The predicted octanol–water partition coefficient (Wildman–Crippen LogP) is 12.0. The molecule has 9 heteroatoms. The number of unbranched alkanes of at least 4 members (excludes halogenated alkanes) is 18. The van der Waals surface area contributed by atoms with Crippen LogP contribution in [0, 0.1) is 5.92 Å². The molecule has 0 spiro atoms. The Bertz CT molecular complexity index is 998. The second-order valence-electron chi connectivity index (χ2n) is 16.2. The molecule has 0 aromatic heterocycles. The highest BCUT2D eigenvalue weighted by molar-refractivity contribution is 5.76. The van der Waals surface area contributed by atoms with Gasteiger partial charge < -0.3 is 23.7 Å². The van der Waals surface area contributed by atoms with E-state index in [1.165, 1.54) is 77.0 Å². The fourth-order valence-electron chi connectivity index (χ4n) is 6.94. The second kappa shape index (κ2) is 39.2. The number of hydrogen-bond donors (Lipinski definition) is 0. The molecular weight excluding hydrogens is 719 g/mol. The number of carbonyl (C=O) groups excluding carboxylic acids is 3. The summed E-state index contributed by atoms with van der Waals surface area (Å²) in [5.41, 5.74) is 0. The summed E-state index contributed by atoms with van der Waals surface area (Å²) in [6.45, 7) is 8.84. The van der Waals surface area contributed by atoms with E-state index in [2.05, 4.69) is 45.1 Å². The van der Waals surface area contributed by atoms with Crippen molar-refractivity contribution in [3.05, 3.63) is 24.3 Å². The molecule has 1 unspecified atom stereocenters. The van der Waals surface area contributed by atoms with Crippen molar-refractivity contribution in [1.29, 1.82) is 0 Å². The van der Waals surface area contributed by atoms with Gasteiger partial charge in [0, 0.05) is 26.1 Å². The van der Waals surface area contributed by atoms with Crippen molar-refractivity contribution in [3.63, 3.8) is 0 Å². The minimum atomic E-state index is -0.445. The largest absolute Gasteiger partial charge is 0.465 e. The van der Waals surface area contributed by atoms with Gasteiger partial charge in [-0.05, 0) is 77.8 Å². The van der Waals surface area contributed by atoms with E-state index in [1.54, 1.807) is 0 Å². The molecule has 0 radical (unpaired) electrons. The van der Waals surface area contributed by atoms with Gasteiger partial charge in [-0.25, -0.2) is 0 Å². The van der Waals surface area contributed by atoms with Crippen molar-refractivity contribution in [2.75, 3.05) is 46.6 Å². The Morgan fingerprint density at radius 1 is 0.579 bits per heavy atom. The monoisotopic (exact) mass is 806 g/mol. The first-order chi connectivity index (χ1) is 27.9. The minimum Gasteiger partial charge on any atom is -0.465 e. The first kappa shape index (κ1) is 52.8. The molecule has 2 atom stereocenters. The molecular formula is C48H87NO8. The van der Waals surface area contributed by atoms with Crippen LogP contribution in [0.5, 0.6) is 0 Å². The Hall–Kier alpha value is -2.23. The third-order valence-corrected chi connectivity index (χ3v) is 10.7. The van der Waals surface area contributed by atoms with Gasteiger partial charge in [0.15, 0.2) is 6.29 Å². The summed E-state index contributed by atoms with van der Waals surface area (Å²) in [5.74, 6) is -1.36. The van der Waals surface area contributed by atoms with Crippen LogP contribution in [0.1, 0.15) is 201 Å². The Morgan fingerprint density at radius 3 is 1.61 bits per heavy atom. The first-order valence-electron chi connectivity index (χ1n) is 23.6. The fraction of sp³-hybridized carbons (Fsp3) is 0.854. The summed E-state index contributed by atoms with van der Waals surface area (Å²) in [5, 5.41) is 0. The highest BCUT2D eigenvalue weighted by Gasteiger charge is 2.30. The van der Waals surface area contributed by atoms with Crippen LogP contribution in [0.25, 0.3) is 0 Å². The molecule has 0 bridgehead atoms. The average Bonchev–Trinajstić information content (AvgIpc) is 3.65. The summed E-state index contributed by atoms with van der Waals surface area (Å²) in [7, 11) is 1.93. The van der Waals surface area contributed by atoms with E-state index >= 15 is 0 Å². The van der Waals surface area contributed by atoms with E-state index in [0.29, 0.717) is 26.1 Å². The highest BCUT2D eigenvalue weighted by atomic mass is 16.7. The summed E-state index contributed by atoms with van der Waals surface area (Å²) in [6, 6.07) is -0.265. The maximum absolute atomic E-state index is 12.9. The Kier molecular flexibility index (Phi) is 36.3. The number of hydrogen-bond acceptors (Lipinski definition) is 9. The molecule has 1 saturated heterocycles. The van der Waals surface area contributed by atoms with E-state index < -0.39 is 12.2 Å². The van der Waals surface area contributed by atoms with Crippen LogP contribution < -0.4 is 0 Å². The van der Waals surface area contributed by atoms with Crippen molar-refractivity contribution in [3.8, 4) is 0 Å². The number of likely N-dealkylation sites (N-methyl/N-ethyl adjacent to an activating group) is 1. The van der Waals surface area contributed by atoms with Gasteiger partial charge in [-0.15, -0.1) is 0 Å². The number of carbonyl (C=O) groups is 3. The number of likely N-dealkylation sites (tertiary alicyclic amines) is 1. The normalized spacial score (nSPS) is 15.3. The molecule has 0 aromatic carbocycles. The number of allylic oxidation sites excluding steroid dienone is 4. The van der Waals surface area contributed by atoms with E-state index in [9.17, 15) is 14.4 Å². The zero-order chi connectivity index (χ0) is 41.4. The zero-order valence-corrected chi connectivity index (χ0v) is 37.3. The molecule has 1 aliphatic heterocycles. The number of rotatable bonds is 40. The number of nitrogens with zero attached hydrogens (tertiary/aromatic N) is 1. The number of esters is 3. The summed E-state index contributed by atoms with van der Waals surface area (Å²) < 4.78 is 29.1. The van der Waals surface area contributed by atoms with E-state index in [1.807, 2.05) is 11.9 Å². The molecule has 0 N–H and O–H groups in total. The lowest BCUT2D eigenvalue weighted by atomic mass is 10.1. The van der Waals surface area contributed by atoms with Gasteiger partial charge in [0.05, 0.1) is 12.3 Å². The fourth-order valence-corrected chi connectivity index (χ4v) is 6.94. The Morgan fingerprint density at radius 2 is 1.05 bits per heavy atom. The van der Waals surface area contributed by atoms with Crippen LogP contribution in [0.3, 0.4) is 0 Å². The third kappa shape index (κ3) is 32.3. The van der Waals surface area contributed by atoms with E-state index in [4.69, 9.17) is 23.7 Å². The van der Waals surface area contributed by atoms with E-state index in [0.717, 1.165) is 90.0 Å². The molecule has 1 heterocycles. The van der Waals surface area contributed by atoms with Gasteiger partial charge in [-0.1, -0.05) is 141 Å². The van der Waals surface area contributed by atoms with Crippen molar-refractivity contribution in [2.24, 2.45) is 5.92 Å². The van der Waals surface area contributed by atoms with Gasteiger partial charge in [0.25, 0.3) is 0 Å². The third-order valence-electron chi connectivity index (χ3n) is 10.7. The molecule has 1 fully saturated rings. The lowest BCUT2D eigenvalue weighted by Gasteiger charge is -2.21. The van der Waals surface area contributed by atoms with Gasteiger partial charge in [-0.3, -0.25) is 19.3 Å². The van der Waals surface area contributed by atoms with Crippen LogP contribution in [0.4, 0.5) is 0 Å². The Labute approximate surface area is 349 Å². The van der Waals surface area contributed by atoms with Crippen molar-refractivity contribution >= 4 is 17.9 Å². The molecule has 0 amide bonds.